The zero-order valence-corrected chi connectivity index (χ0v) is 13.9. The Morgan fingerprint density at radius 2 is 1.78 bits per heavy atom. The summed E-state index contributed by atoms with van der Waals surface area (Å²) >= 11 is 0. The molecule has 4 heteroatoms. The lowest BCUT2D eigenvalue weighted by atomic mass is 9.78. The molecule has 23 heavy (non-hydrogen) atoms. The third kappa shape index (κ3) is 3.99. The number of quaternary nitrogens is 1. The van der Waals surface area contributed by atoms with E-state index >= 15 is 0 Å². The number of benzene rings is 1. The van der Waals surface area contributed by atoms with E-state index in [1.165, 1.54) is 43.4 Å². The number of ketones is 1. The summed E-state index contributed by atoms with van der Waals surface area (Å²) in [6.45, 7) is 3.24. The molecule has 2 aliphatic rings. The lowest BCUT2D eigenvalue weighted by Gasteiger charge is -2.40. The first-order chi connectivity index (χ1) is 11.1. The molecule has 1 aliphatic heterocycles. The Kier molecular flexibility index (Phi) is 5.11. The number of rotatable bonds is 4. The molecule has 2 N–H and O–H groups in total. The van der Waals surface area contributed by atoms with Crippen molar-refractivity contribution < 1.29 is 14.5 Å². The van der Waals surface area contributed by atoms with Gasteiger partial charge < -0.3 is 10.2 Å². The Balaban J connectivity index is 1.57. The van der Waals surface area contributed by atoms with Crippen molar-refractivity contribution in [1.29, 1.82) is 0 Å². The predicted molar refractivity (Wildman–Crippen MR) is 90.8 cm³/mol. The summed E-state index contributed by atoms with van der Waals surface area (Å²) in [6.07, 6.45) is 7.91. The Bertz CT molecular complexity index is 565. The summed E-state index contributed by atoms with van der Waals surface area (Å²) < 4.78 is 0. The number of likely N-dealkylation sites (tertiary alicyclic amines) is 1. The summed E-state index contributed by atoms with van der Waals surface area (Å²) in [6, 6.07) is 7.84. The van der Waals surface area contributed by atoms with Crippen LogP contribution in [0.2, 0.25) is 0 Å². The molecule has 1 saturated heterocycles. The van der Waals surface area contributed by atoms with E-state index in [0.717, 1.165) is 18.2 Å². The van der Waals surface area contributed by atoms with Crippen molar-refractivity contribution in [3.8, 4) is 0 Å². The molecule has 4 nitrogen and oxygen atoms in total. The molecule has 1 amide bonds. The minimum atomic E-state index is 0.0454. The van der Waals surface area contributed by atoms with Crippen LogP contribution in [0.25, 0.3) is 0 Å². The van der Waals surface area contributed by atoms with E-state index in [4.69, 9.17) is 0 Å². The molecule has 3 atom stereocenters. The fourth-order valence-electron chi connectivity index (χ4n) is 4.29. The van der Waals surface area contributed by atoms with Gasteiger partial charge in [0.2, 0.25) is 0 Å². The highest BCUT2D eigenvalue weighted by Crippen LogP contribution is 2.28. The Hall–Kier alpha value is -1.68. The molecule has 2 fully saturated rings. The molecule has 0 radical (unpaired) electrons. The highest BCUT2D eigenvalue weighted by atomic mass is 16.2. The standard InChI is InChI=1S/C19H26N2O2/c1-14(22)15-8-10-17(11-9-15)20-19(23)13-21-12-4-6-16-5-2-3-7-18(16)21/h8-11,16,18H,2-7,12-13H2,1H3,(H,20,23)/p+1/t16-,18+/m1/s1. The molecule has 0 spiro atoms. The Labute approximate surface area is 138 Å². The van der Waals surface area contributed by atoms with Gasteiger partial charge in [-0.25, -0.2) is 0 Å². The molecular weight excluding hydrogens is 288 g/mol. The predicted octanol–water partition coefficient (Wildman–Crippen LogP) is 2.07. The third-order valence-electron chi connectivity index (χ3n) is 5.47. The number of amides is 1. The average molecular weight is 315 g/mol. The minimum absolute atomic E-state index is 0.0454. The van der Waals surface area contributed by atoms with Crippen LogP contribution in [-0.2, 0) is 4.79 Å². The SMILES string of the molecule is CC(=O)c1ccc(NC(=O)C[NH+]2CCC[C@H]3CCCC[C@@H]32)cc1. The average Bonchev–Trinajstić information content (AvgIpc) is 2.55. The van der Waals surface area contributed by atoms with Gasteiger partial charge in [-0.3, -0.25) is 9.59 Å². The van der Waals surface area contributed by atoms with E-state index in [-0.39, 0.29) is 11.7 Å². The fourth-order valence-corrected chi connectivity index (χ4v) is 4.29. The zero-order chi connectivity index (χ0) is 16.2. The van der Waals surface area contributed by atoms with Gasteiger partial charge in [-0.2, -0.15) is 0 Å². The quantitative estimate of drug-likeness (QED) is 0.836. The first-order valence-corrected chi connectivity index (χ1v) is 8.89. The van der Waals surface area contributed by atoms with Crippen LogP contribution >= 0.6 is 0 Å². The summed E-state index contributed by atoms with van der Waals surface area (Å²) in [7, 11) is 0. The molecule has 1 aromatic carbocycles. The van der Waals surface area contributed by atoms with Gasteiger partial charge in [-0.15, -0.1) is 0 Å². The van der Waals surface area contributed by atoms with E-state index in [1.54, 1.807) is 19.1 Å². The first kappa shape index (κ1) is 16.2. The van der Waals surface area contributed by atoms with E-state index in [0.29, 0.717) is 18.2 Å². The van der Waals surface area contributed by atoms with Crippen LogP contribution < -0.4 is 10.2 Å². The molecule has 0 bridgehead atoms. The van der Waals surface area contributed by atoms with Crippen molar-refractivity contribution in [3.63, 3.8) is 0 Å². The molecular formula is C19H27N2O2+. The summed E-state index contributed by atoms with van der Waals surface area (Å²) in [4.78, 5) is 25.1. The van der Waals surface area contributed by atoms with Crippen molar-refractivity contribution in [1.82, 2.24) is 0 Å². The van der Waals surface area contributed by atoms with E-state index < -0.39 is 0 Å². The maximum Gasteiger partial charge on any atom is 0.279 e. The smallest absolute Gasteiger partial charge is 0.279 e. The van der Waals surface area contributed by atoms with Crippen molar-refractivity contribution in [2.24, 2.45) is 5.92 Å². The maximum absolute atomic E-state index is 12.4. The highest BCUT2D eigenvalue weighted by Gasteiger charge is 2.37. The van der Waals surface area contributed by atoms with Crippen LogP contribution in [0.5, 0.6) is 0 Å². The molecule has 3 rings (SSSR count). The largest absolute Gasteiger partial charge is 0.324 e. The monoisotopic (exact) mass is 315 g/mol. The van der Waals surface area contributed by atoms with Gasteiger partial charge in [0.15, 0.2) is 12.3 Å². The van der Waals surface area contributed by atoms with Gasteiger partial charge in [0, 0.05) is 17.2 Å². The summed E-state index contributed by atoms with van der Waals surface area (Å²) in [5.74, 6) is 0.959. The number of piperidine rings is 1. The lowest BCUT2D eigenvalue weighted by Crippen LogP contribution is -3.18. The number of hydrogen-bond acceptors (Lipinski definition) is 2. The Morgan fingerprint density at radius 1 is 1.09 bits per heavy atom. The molecule has 1 aliphatic carbocycles. The fraction of sp³-hybridized carbons (Fsp3) is 0.579. The van der Waals surface area contributed by atoms with Gasteiger partial charge in [-0.05, 0) is 63.3 Å². The molecule has 0 aromatic heterocycles. The van der Waals surface area contributed by atoms with Crippen molar-refractivity contribution >= 4 is 17.4 Å². The number of anilines is 1. The third-order valence-corrected chi connectivity index (χ3v) is 5.47. The van der Waals surface area contributed by atoms with Crippen LogP contribution in [0.15, 0.2) is 24.3 Å². The Morgan fingerprint density at radius 3 is 2.52 bits per heavy atom. The normalized spacial score (nSPS) is 27.1. The van der Waals surface area contributed by atoms with Gasteiger partial charge in [0.25, 0.3) is 5.91 Å². The number of nitrogens with one attached hydrogen (secondary N) is 2. The molecule has 124 valence electrons. The summed E-state index contributed by atoms with van der Waals surface area (Å²) in [5, 5.41) is 2.98. The molecule has 1 unspecified atom stereocenters. The highest BCUT2D eigenvalue weighted by molar-refractivity contribution is 5.95. The van der Waals surface area contributed by atoms with Crippen molar-refractivity contribution in [2.75, 3.05) is 18.4 Å². The van der Waals surface area contributed by atoms with Gasteiger partial charge >= 0.3 is 0 Å². The van der Waals surface area contributed by atoms with Crippen molar-refractivity contribution in [2.45, 2.75) is 51.5 Å². The number of carbonyl (C=O) groups is 2. The number of fused-ring (bicyclic) bond motifs is 1. The second-order valence-electron chi connectivity index (χ2n) is 7.06. The second-order valence-corrected chi connectivity index (χ2v) is 7.06. The van der Waals surface area contributed by atoms with E-state index in [9.17, 15) is 9.59 Å². The minimum Gasteiger partial charge on any atom is -0.324 e. The van der Waals surface area contributed by atoms with Gasteiger partial charge in [0.05, 0.1) is 12.6 Å². The van der Waals surface area contributed by atoms with E-state index in [2.05, 4.69) is 5.32 Å². The van der Waals surface area contributed by atoms with Gasteiger partial charge in [-0.1, -0.05) is 6.42 Å². The molecule has 1 heterocycles. The van der Waals surface area contributed by atoms with Crippen LogP contribution in [0.4, 0.5) is 5.69 Å². The first-order valence-electron chi connectivity index (χ1n) is 8.89. The van der Waals surface area contributed by atoms with Crippen LogP contribution in [0.3, 0.4) is 0 Å². The topological polar surface area (TPSA) is 50.6 Å². The van der Waals surface area contributed by atoms with Crippen LogP contribution in [0.1, 0.15) is 55.8 Å². The molecule has 1 saturated carbocycles. The summed E-state index contributed by atoms with van der Waals surface area (Å²) in [5.41, 5.74) is 1.45. The van der Waals surface area contributed by atoms with E-state index in [1.807, 2.05) is 12.1 Å². The second kappa shape index (κ2) is 7.26. The zero-order valence-electron chi connectivity index (χ0n) is 13.9. The number of Topliss-reactive ketones (excluding diaryl/α,β-unsaturated/α-hetero) is 1. The lowest BCUT2D eigenvalue weighted by molar-refractivity contribution is -0.928. The number of hydrogen-bond donors (Lipinski definition) is 2. The van der Waals surface area contributed by atoms with Gasteiger partial charge in [0.1, 0.15) is 0 Å². The number of carbonyl (C=O) groups excluding carboxylic acids is 2. The van der Waals surface area contributed by atoms with Crippen molar-refractivity contribution in [3.05, 3.63) is 29.8 Å². The maximum atomic E-state index is 12.4. The van der Waals surface area contributed by atoms with Crippen LogP contribution in [-0.4, -0.2) is 30.8 Å². The van der Waals surface area contributed by atoms with Crippen LogP contribution in [0, 0.1) is 5.92 Å². The molecule has 1 aromatic rings.